The fraction of sp³-hybridized carbons (Fsp3) is 0.571. The van der Waals surface area contributed by atoms with Crippen LogP contribution in [0.2, 0.25) is 0 Å². The van der Waals surface area contributed by atoms with E-state index in [4.69, 9.17) is 0 Å². The highest BCUT2D eigenvalue weighted by molar-refractivity contribution is 5.74. The lowest BCUT2D eigenvalue weighted by molar-refractivity contribution is 0.169. The Balaban J connectivity index is 1.25. The number of urea groups is 1. The van der Waals surface area contributed by atoms with Gasteiger partial charge in [-0.15, -0.1) is 10.2 Å². The summed E-state index contributed by atoms with van der Waals surface area (Å²) in [6.07, 6.45) is 7.85. The van der Waals surface area contributed by atoms with Crippen LogP contribution in [0.25, 0.3) is 0 Å². The third-order valence-corrected chi connectivity index (χ3v) is 5.85. The van der Waals surface area contributed by atoms with Crippen LogP contribution in [0, 0.1) is 5.92 Å². The van der Waals surface area contributed by atoms with E-state index in [1.807, 2.05) is 4.90 Å². The maximum absolute atomic E-state index is 12.6. The minimum Gasteiger partial charge on any atom is -0.331 e. The summed E-state index contributed by atoms with van der Waals surface area (Å²) in [6.45, 7) is 3.11. The second kappa shape index (κ2) is 8.55. The predicted molar refractivity (Wildman–Crippen MR) is 104 cm³/mol. The number of fused-ring (bicyclic) bond motifs is 1. The maximum atomic E-state index is 12.6. The van der Waals surface area contributed by atoms with Crippen molar-refractivity contribution in [2.75, 3.05) is 13.1 Å². The van der Waals surface area contributed by atoms with Crippen LogP contribution in [0.4, 0.5) is 4.79 Å². The third-order valence-electron chi connectivity index (χ3n) is 5.85. The van der Waals surface area contributed by atoms with Gasteiger partial charge >= 0.3 is 6.03 Å². The molecule has 0 unspecified atom stereocenters. The van der Waals surface area contributed by atoms with Crippen LogP contribution in [-0.4, -0.2) is 38.8 Å². The number of piperidine rings is 1. The number of aromatic nitrogens is 3. The van der Waals surface area contributed by atoms with E-state index in [-0.39, 0.29) is 6.03 Å². The van der Waals surface area contributed by atoms with Crippen molar-refractivity contribution in [3.63, 3.8) is 0 Å². The van der Waals surface area contributed by atoms with Crippen LogP contribution >= 0.6 is 0 Å². The molecule has 0 aliphatic carbocycles. The number of benzene rings is 1. The number of rotatable bonds is 4. The first-order valence-electron chi connectivity index (χ1n) is 10.3. The first-order valence-corrected chi connectivity index (χ1v) is 10.3. The summed E-state index contributed by atoms with van der Waals surface area (Å²) in [5.41, 5.74) is 1.40. The minimum absolute atomic E-state index is 0.0270. The largest absolute Gasteiger partial charge is 0.331 e. The second-order valence-corrected chi connectivity index (χ2v) is 7.77. The molecule has 2 aliphatic rings. The molecule has 144 valence electrons. The van der Waals surface area contributed by atoms with Crippen molar-refractivity contribution in [1.29, 1.82) is 0 Å². The number of likely N-dealkylation sites (tertiary alicyclic amines) is 1. The Morgan fingerprint density at radius 2 is 1.85 bits per heavy atom. The number of nitrogens with one attached hydrogen (secondary N) is 1. The fourth-order valence-electron chi connectivity index (χ4n) is 4.23. The molecule has 0 saturated carbocycles. The minimum atomic E-state index is 0.0270. The molecule has 1 fully saturated rings. The summed E-state index contributed by atoms with van der Waals surface area (Å²) in [6, 6.07) is 10.7. The number of nitrogens with zero attached hydrogens (tertiary/aromatic N) is 4. The Hall–Kier alpha value is -2.37. The summed E-state index contributed by atoms with van der Waals surface area (Å²) in [5, 5.41) is 11.7. The van der Waals surface area contributed by atoms with Gasteiger partial charge in [0.05, 0.1) is 6.54 Å². The molecule has 1 saturated heterocycles. The number of hydrogen-bond acceptors (Lipinski definition) is 3. The zero-order chi connectivity index (χ0) is 18.5. The summed E-state index contributed by atoms with van der Waals surface area (Å²) >= 11 is 0. The molecule has 1 aromatic carbocycles. The highest BCUT2D eigenvalue weighted by Gasteiger charge is 2.23. The molecule has 6 nitrogen and oxygen atoms in total. The lowest BCUT2D eigenvalue weighted by Gasteiger charge is -2.32. The quantitative estimate of drug-likeness (QED) is 0.903. The molecule has 2 amide bonds. The number of carbonyl (C=O) groups is 1. The molecule has 0 atom stereocenters. The lowest BCUT2D eigenvalue weighted by atomic mass is 9.90. The number of amides is 2. The summed E-state index contributed by atoms with van der Waals surface area (Å²) < 4.78 is 2.19. The smallest absolute Gasteiger partial charge is 0.317 e. The summed E-state index contributed by atoms with van der Waals surface area (Å²) in [5.74, 6) is 2.63. The summed E-state index contributed by atoms with van der Waals surface area (Å²) in [7, 11) is 0. The van der Waals surface area contributed by atoms with Crippen LogP contribution in [-0.2, 0) is 25.9 Å². The molecule has 2 aliphatic heterocycles. The van der Waals surface area contributed by atoms with Crippen LogP contribution in [0.15, 0.2) is 30.3 Å². The first-order chi connectivity index (χ1) is 13.3. The molecule has 4 rings (SSSR count). The second-order valence-electron chi connectivity index (χ2n) is 7.77. The van der Waals surface area contributed by atoms with Gasteiger partial charge in [0.2, 0.25) is 0 Å². The standard InChI is InChI=1S/C21H29N5O/c27-21(22-16-20-24-23-19-9-5-2-6-12-26(19)20)25-13-10-18(11-14-25)15-17-7-3-1-4-8-17/h1,3-4,7-8,18H,2,5-6,9-16H2,(H,22,27). The monoisotopic (exact) mass is 367 g/mol. The van der Waals surface area contributed by atoms with E-state index in [1.165, 1.54) is 24.8 Å². The first kappa shape index (κ1) is 18.0. The van der Waals surface area contributed by atoms with Crippen LogP contribution < -0.4 is 5.32 Å². The van der Waals surface area contributed by atoms with Gasteiger partial charge in [0.1, 0.15) is 5.82 Å². The van der Waals surface area contributed by atoms with E-state index >= 15 is 0 Å². The Morgan fingerprint density at radius 3 is 2.67 bits per heavy atom. The van der Waals surface area contributed by atoms with E-state index < -0.39 is 0 Å². The normalized spacial score (nSPS) is 18.0. The zero-order valence-corrected chi connectivity index (χ0v) is 15.9. The van der Waals surface area contributed by atoms with Gasteiger partial charge in [0, 0.05) is 26.1 Å². The third kappa shape index (κ3) is 4.49. The zero-order valence-electron chi connectivity index (χ0n) is 15.9. The Bertz CT molecular complexity index is 749. The molecule has 27 heavy (non-hydrogen) atoms. The van der Waals surface area contributed by atoms with E-state index in [9.17, 15) is 4.79 Å². The van der Waals surface area contributed by atoms with E-state index in [1.54, 1.807) is 0 Å². The Labute approximate surface area is 161 Å². The van der Waals surface area contributed by atoms with Gasteiger partial charge in [-0.05, 0) is 43.6 Å². The molecule has 6 heteroatoms. The van der Waals surface area contributed by atoms with Crippen molar-refractivity contribution in [3.05, 3.63) is 47.5 Å². The van der Waals surface area contributed by atoms with E-state index in [0.717, 1.165) is 57.0 Å². The van der Waals surface area contributed by atoms with Gasteiger partial charge in [-0.25, -0.2) is 4.79 Å². The van der Waals surface area contributed by atoms with Crippen molar-refractivity contribution in [2.24, 2.45) is 5.92 Å². The van der Waals surface area contributed by atoms with Gasteiger partial charge in [-0.3, -0.25) is 0 Å². The van der Waals surface area contributed by atoms with Crippen molar-refractivity contribution >= 4 is 6.03 Å². The SMILES string of the molecule is O=C(NCc1nnc2n1CCCCC2)N1CCC(Cc2ccccc2)CC1. The van der Waals surface area contributed by atoms with E-state index in [2.05, 4.69) is 50.4 Å². The van der Waals surface area contributed by atoms with Gasteiger partial charge in [-0.1, -0.05) is 36.8 Å². The predicted octanol–water partition coefficient (Wildman–Crippen LogP) is 3.17. The number of hydrogen-bond donors (Lipinski definition) is 1. The van der Waals surface area contributed by atoms with Crippen molar-refractivity contribution in [2.45, 2.75) is 58.0 Å². The lowest BCUT2D eigenvalue weighted by Crippen LogP contribution is -2.44. The molecule has 0 bridgehead atoms. The summed E-state index contributed by atoms with van der Waals surface area (Å²) in [4.78, 5) is 14.5. The number of carbonyl (C=O) groups excluding carboxylic acids is 1. The van der Waals surface area contributed by atoms with Crippen LogP contribution in [0.1, 0.15) is 49.3 Å². The van der Waals surface area contributed by atoms with Gasteiger partial charge < -0.3 is 14.8 Å². The Morgan fingerprint density at radius 1 is 1.04 bits per heavy atom. The average Bonchev–Trinajstić information content (AvgIpc) is 2.93. The molecule has 2 aromatic rings. The van der Waals surface area contributed by atoms with Crippen molar-refractivity contribution < 1.29 is 4.79 Å². The number of aryl methyl sites for hydroxylation is 1. The Kier molecular flexibility index (Phi) is 5.70. The molecule has 0 radical (unpaired) electrons. The van der Waals surface area contributed by atoms with Gasteiger partial charge in [0.25, 0.3) is 0 Å². The molecule has 0 spiro atoms. The molecule has 1 N–H and O–H groups in total. The topological polar surface area (TPSA) is 63.1 Å². The van der Waals surface area contributed by atoms with Gasteiger partial charge in [0.15, 0.2) is 5.82 Å². The van der Waals surface area contributed by atoms with E-state index in [0.29, 0.717) is 12.5 Å². The van der Waals surface area contributed by atoms with Crippen LogP contribution in [0.3, 0.4) is 0 Å². The maximum Gasteiger partial charge on any atom is 0.317 e. The van der Waals surface area contributed by atoms with Crippen molar-refractivity contribution in [3.8, 4) is 0 Å². The highest BCUT2D eigenvalue weighted by atomic mass is 16.2. The molecular formula is C21H29N5O. The fourth-order valence-corrected chi connectivity index (χ4v) is 4.23. The van der Waals surface area contributed by atoms with Crippen molar-refractivity contribution in [1.82, 2.24) is 25.0 Å². The molecule has 1 aromatic heterocycles. The molecular weight excluding hydrogens is 338 g/mol. The average molecular weight is 367 g/mol. The highest BCUT2D eigenvalue weighted by Crippen LogP contribution is 2.21. The molecule has 3 heterocycles. The van der Waals surface area contributed by atoms with Crippen LogP contribution in [0.5, 0.6) is 0 Å². The van der Waals surface area contributed by atoms with Gasteiger partial charge in [-0.2, -0.15) is 0 Å².